The average Bonchev–Trinajstić information content (AvgIpc) is 3.35. The largest absolute Gasteiger partial charge is 0.383 e. The summed E-state index contributed by atoms with van der Waals surface area (Å²) in [4.78, 5) is 14.0. The topological polar surface area (TPSA) is 123 Å². The number of halogens is 2. The Hall–Kier alpha value is -3.09. The Balaban J connectivity index is 0.000000830. The van der Waals surface area contributed by atoms with E-state index in [2.05, 4.69) is 42.7 Å². The number of hydrogen-bond donors (Lipinski definition) is 3. The van der Waals surface area contributed by atoms with E-state index in [0.717, 1.165) is 72.3 Å². The van der Waals surface area contributed by atoms with Crippen molar-refractivity contribution in [2.75, 3.05) is 39.0 Å². The van der Waals surface area contributed by atoms with Gasteiger partial charge in [-0.3, -0.25) is 4.90 Å². The van der Waals surface area contributed by atoms with Crippen molar-refractivity contribution in [3.05, 3.63) is 65.3 Å². The van der Waals surface area contributed by atoms with Gasteiger partial charge in [-0.2, -0.15) is 0 Å². The Labute approximate surface area is 252 Å². The molecule has 1 saturated carbocycles. The van der Waals surface area contributed by atoms with Crippen LogP contribution in [0.2, 0.25) is 5.02 Å². The minimum Gasteiger partial charge on any atom is -0.383 e. The molecule has 4 aromatic rings. The van der Waals surface area contributed by atoms with Gasteiger partial charge in [0.2, 0.25) is 0 Å². The highest BCUT2D eigenvalue weighted by Crippen LogP contribution is 2.40. The predicted octanol–water partition coefficient (Wildman–Crippen LogP) is 4.65. The number of aromatic nitrogens is 3. The maximum absolute atomic E-state index is 15.6. The van der Waals surface area contributed by atoms with Crippen molar-refractivity contribution in [2.45, 2.75) is 44.7 Å². The number of hydrogen-bond acceptors (Lipinski definition) is 7. The number of likely N-dealkylation sites (N-methyl/N-ethyl adjacent to an activating group) is 1. The fourth-order valence-corrected chi connectivity index (χ4v) is 6.68. The number of nitrogens with zero attached hydrogens (tertiary/aromatic N) is 5. The van der Waals surface area contributed by atoms with Crippen LogP contribution in [0.5, 0.6) is 0 Å². The first-order valence-corrected chi connectivity index (χ1v) is 15.7. The first-order valence-electron chi connectivity index (χ1n) is 14.1. The lowest BCUT2D eigenvalue weighted by Crippen LogP contribution is -2.49. The monoisotopic (exact) mass is 613 g/mol. The molecule has 2 aliphatic rings. The Morgan fingerprint density at radius 2 is 1.64 bits per heavy atom. The zero-order valence-corrected chi connectivity index (χ0v) is 25.5. The maximum Gasteiger partial charge on any atom is 0.198 e. The molecule has 4 N–H and O–H groups in total. The number of rotatable bonds is 4. The van der Waals surface area contributed by atoms with E-state index in [0.29, 0.717) is 28.5 Å². The lowest BCUT2D eigenvalue weighted by Gasteiger charge is -2.41. The number of aryl methyl sites for hydroxylation is 1. The van der Waals surface area contributed by atoms with Gasteiger partial charge in [-0.1, -0.05) is 35.9 Å². The van der Waals surface area contributed by atoms with Gasteiger partial charge in [-0.25, -0.2) is 27.9 Å². The van der Waals surface area contributed by atoms with E-state index >= 15 is 4.39 Å². The highest BCUT2D eigenvalue weighted by atomic mass is 35.5. The lowest BCUT2D eigenvalue weighted by molar-refractivity contribution is 0.0828. The molecule has 42 heavy (non-hydrogen) atoms. The van der Waals surface area contributed by atoms with Gasteiger partial charge in [0.05, 0.1) is 5.39 Å². The molecular formula is C30H37ClFN7O2S. The zero-order chi connectivity index (χ0) is 30.0. The van der Waals surface area contributed by atoms with Crippen molar-refractivity contribution < 1.29 is 12.8 Å². The van der Waals surface area contributed by atoms with Crippen molar-refractivity contribution in [1.29, 1.82) is 0 Å². The summed E-state index contributed by atoms with van der Waals surface area (Å²) < 4.78 is 35.4. The van der Waals surface area contributed by atoms with Crippen LogP contribution in [-0.2, 0) is 10.9 Å². The number of fused-ring (bicyclic) bond motifs is 1. The van der Waals surface area contributed by atoms with Crippen molar-refractivity contribution in [3.8, 4) is 22.3 Å². The van der Waals surface area contributed by atoms with Crippen molar-refractivity contribution in [3.63, 3.8) is 0 Å². The molecule has 2 aromatic heterocycles. The average molecular weight is 614 g/mol. The number of thiol groups is 1. The third-order valence-corrected chi connectivity index (χ3v) is 8.84. The van der Waals surface area contributed by atoms with Crippen LogP contribution in [0.15, 0.2) is 48.9 Å². The van der Waals surface area contributed by atoms with Gasteiger partial charge in [-0.05, 0) is 62.9 Å². The number of nitrogen functional groups attached to an aromatic ring is 1. The van der Waals surface area contributed by atoms with Gasteiger partial charge in [0.15, 0.2) is 10.9 Å². The van der Waals surface area contributed by atoms with Crippen LogP contribution in [0.25, 0.3) is 33.3 Å². The second kappa shape index (κ2) is 13.0. The molecule has 2 fully saturated rings. The normalized spacial score (nSPS) is 20.0. The molecule has 3 heterocycles. The van der Waals surface area contributed by atoms with E-state index < -0.39 is 10.9 Å². The molecule has 1 aliphatic carbocycles. The number of anilines is 1. The van der Waals surface area contributed by atoms with Crippen LogP contribution in [0.1, 0.15) is 37.3 Å². The molecule has 6 rings (SSSR count). The van der Waals surface area contributed by atoms with Gasteiger partial charge in [0, 0.05) is 66.2 Å². The summed E-state index contributed by atoms with van der Waals surface area (Å²) in [7, 11) is -0.418. The minimum atomic E-state index is -2.62. The molecular weight excluding hydrogens is 577 g/mol. The second-order valence-electron chi connectivity index (χ2n) is 11.1. The third-order valence-electron chi connectivity index (χ3n) is 8.52. The van der Waals surface area contributed by atoms with Crippen LogP contribution in [0.3, 0.4) is 0 Å². The predicted molar refractivity (Wildman–Crippen MR) is 167 cm³/mol. The number of benzene rings is 2. The summed E-state index contributed by atoms with van der Waals surface area (Å²) in [5.74, 6) is 0.101. The molecule has 0 radical (unpaired) electrons. The molecule has 1 saturated heterocycles. The van der Waals surface area contributed by atoms with Crippen molar-refractivity contribution in [1.82, 2.24) is 24.3 Å². The van der Waals surface area contributed by atoms with E-state index in [9.17, 15) is 0 Å². The molecule has 0 unspecified atom stereocenters. The van der Waals surface area contributed by atoms with E-state index in [4.69, 9.17) is 25.8 Å². The number of nitrogens with two attached hydrogens (primary N) is 2. The first kappa shape index (κ1) is 30.4. The van der Waals surface area contributed by atoms with E-state index in [1.807, 2.05) is 31.2 Å². The summed E-state index contributed by atoms with van der Waals surface area (Å²) in [6.07, 6.45) is 8.14. The SMILES string of the molecule is Cc1cccc(Cl)c1-c1ccc(-c2cn(C3CCC(N4CCN(C)CC4)CC3)c3ncnc(N)c23)cc1F.N[SH](=O)=O. The molecule has 224 valence electrons. The second-order valence-corrected chi connectivity index (χ2v) is 12.1. The molecule has 0 spiro atoms. The maximum atomic E-state index is 15.6. The first-order chi connectivity index (χ1) is 20.1. The molecule has 1 aliphatic heterocycles. The van der Waals surface area contributed by atoms with Crippen LogP contribution in [0.4, 0.5) is 10.2 Å². The summed E-state index contributed by atoms with van der Waals surface area (Å²) in [6.45, 7) is 6.54. The Kier molecular flexibility index (Phi) is 9.44. The standard InChI is InChI=1S/C30H34ClFN6.H3NO2S/c1-19-4-3-5-25(31)27(19)23-11-6-20(16-26(23)32)24-17-38(30-28(24)29(33)34-18-35-30)22-9-7-21(8-10-22)37-14-12-36(2)13-15-37;1-4(2)3/h3-6,11,16-18,21-22H,7-10,12-15H2,1-2H3,(H2,33,34,35);4H,(H2,1,2,3). The Bertz CT molecular complexity index is 1620. The van der Waals surface area contributed by atoms with Gasteiger partial charge in [0.1, 0.15) is 23.6 Å². The molecule has 9 nitrogen and oxygen atoms in total. The summed E-state index contributed by atoms with van der Waals surface area (Å²) in [6, 6.07) is 11.9. The lowest BCUT2D eigenvalue weighted by atomic mass is 9.89. The molecule has 0 atom stereocenters. The quantitative estimate of drug-likeness (QED) is 0.286. The third kappa shape index (κ3) is 6.45. The molecule has 12 heteroatoms. The van der Waals surface area contributed by atoms with E-state index in [1.54, 1.807) is 12.1 Å². The molecule has 2 aromatic carbocycles. The summed E-state index contributed by atoms with van der Waals surface area (Å²) in [5.41, 5.74) is 11.0. The van der Waals surface area contributed by atoms with Crippen LogP contribution in [-0.4, -0.2) is 72.0 Å². The fourth-order valence-electron chi connectivity index (χ4n) is 6.35. The summed E-state index contributed by atoms with van der Waals surface area (Å²) >= 11 is 6.44. The zero-order valence-electron chi connectivity index (χ0n) is 23.8. The van der Waals surface area contributed by atoms with Crippen LogP contribution < -0.4 is 10.9 Å². The van der Waals surface area contributed by atoms with E-state index in [1.165, 1.54) is 19.2 Å². The smallest absolute Gasteiger partial charge is 0.198 e. The number of piperazine rings is 1. The summed E-state index contributed by atoms with van der Waals surface area (Å²) in [5, 5.41) is 5.39. The van der Waals surface area contributed by atoms with E-state index in [-0.39, 0.29) is 5.82 Å². The minimum absolute atomic E-state index is 0.317. The highest BCUT2D eigenvalue weighted by Gasteiger charge is 2.30. The van der Waals surface area contributed by atoms with Gasteiger partial charge in [0.25, 0.3) is 0 Å². The highest BCUT2D eigenvalue weighted by molar-refractivity contribution is 7.69. The Morgan fingerprint density at radius 1 is 0.976 bits per heavy atom. The van der Waals surface area contributed by atoms with Crippen LogP contribution >= 0.6 is 11.6 Å². The van der Waals surface area contributed by atoms with Crippen LogP contribution in [0, 0.1) is 12.7 Å². The van der Waals surface area contributed by atoms with Gasteiger partial charge >= 0.3 is 0 Å². The van der Waals surface area contributed by atoms with Gasteiger partial charge < -0.3 is 15.2 Å². The fraction of sp³-hybridized carbons (Fsp3) is 0.400. The van der Waals surface area contributed by atoms with Gasteiger partial charge in [-0.15, -0.1) is 0 Å². The van der Waals surface area contributed by atoms with Crippen molar-refractivity contribution >= 4 is 39.3 Å². The molecule has 0 amide bonds. The Morgan fingerprint density at radius 3 is 2.29 bits per heavy atom. The van der Waals surface area contributed by atoms with Crippen molar-refractivity contribution in [2.24, 2.45) is 5.14 Å². The molecule has 0 bridgehead atoms.